The van der Waals surface area contributed by atoms with Crippen LogP contribution in [0.15, 0.2) is 48.5 Å². The first-order valence-electron chi connectivity index (χ1n) is 7.20. The van der Waals surface area contributed by atoms with Crippen LogP contribution in [0.3, 0.4) is 0 Å². The van der Waals surface area contributed by atoms with Crippen LogP contribution in [-0.2, 0) is 4.79 Å². The Balaban J connectivity index is 2.16. The molecule has 1 N–H and O–H groups in total. The SMILES string of the molecule is Cc1ccc(-c2sc(C(S)C(=O)O)nc2-c2ccc(F)cc2)cc1. The van der Waals surface area contributed by atoms with Crippen LogP contribution in [0.5, 0.6) is 0 Å². The Kier molecular flexibility index (Phi) is 4.69. The number of nitrogens with zero attached hydrogens (tertiary/aromatic N) is 1. The molecule has 0 radical (unpaired) electrons. The van der Waals surface area contributed by atoms with Gasteiger partial charge in [0.05, 0.1) is 10.6 Å². The minimum absolute atomic E-state index is 0.330. The van der Waals surface area contributed by atoms with Crippen molar-refractivity contribution in [1.29, 1.82) is 0 Å². The van der Waals surface area contributed by atoms with E-state index in [0.717, 1.165) is 21.6 Å². The number of benzene rings is 2. The van der Waals surface area contributed by atoms with Crippen LogP contribution in [0.25, 0.3) is 21.7 Å². The summed E-state index contributed by atoms with van der Waals surface area (Å²) >= 11 is 5.41. The van der Waals surface area contributed by atoms with Gasteiger partial charge in [0.25, 0.3) is 0 Å². The van der Waals surface area contributed by atoms with Gasteiger partial charge < -0.3 is 5.11 Å². The highest BCUT2D eigenvalue weighted by Gasteiger charge is 2.23. The Labute approximate surface area is 148 Å². The number of halogens is 1. The van der Waals surface area contributed by atoms with Crippen molar-refractivity contribution in [3.05, 3.63) is 64.9 Å². The Morgan fingerprint density at radius 3 is 2.29 bits per heavy atom. The van der Waals surface area contributed by atoms with E-state index in [2.05, 4.69) is 17.6 Å². The number of hydrogen-bond donors (Lipinski definition) is 2. The van der Waals surface area contributed by atoms with E-state index < -0.39 is 11.2 Å². The molecule has 1 unspecified atom stereocenters. The molecule has 3 nitrogen and oxygen atoms in total. The lowest BCUT2D eigenvalue weighted by Gasteiger charge is -2.03. The van der Waals surface area contributed by atoms with E-state index in [1.54, 1.807) is 12.1 Å². The summed E-state index contributed by atoms with van der Waals surface area (Å²) in [6, 6.07) is 13.9. The van der Waals surface area contributed by atoms with Gasteiger partial charge in [-0.2, -0.15) is 12.6 Å². The van der Waals surface area contributed by atoms with Gasteiger partial charge in [-0.05, 0) is 36.8 Å². The summed E-state index contributed by atoms with van der Waals surface area (Å²) in [5.74, 6) is -1.38. The average molecular weight is 359 g/mol. The molecular formula is C18H14FNO2S2. The van der Waals surface area contributed by atoms with Gasteiger partial charge in [-0.3, -0.25) is 4.79 Å². The molecule has 3 aromatic rings. The van der Waals surface area contributed by atoms with Gasteiger partial charge in [0.2, 0.25) is 0 Å². The molecule has 1 heterocycles. The van der Waals surface area contributed by atoms with Crippen molar-refractivity contribution >= 4 is 29.9 Å². The highest BCUT2D eigenvalue weighted by Crippen LogP contribution is 2.40. The molecular weight excluding hydrogens is 345 g/mol. The lowest BCUT2D eigenvalue weighted by molar-refractivity contribution is -0.136. The van der Waals surface area contributed by atoms with Gasteiger partial charge in [0.1, 0.15) is 10.8 Å². The highest BCUT2D eigenvalue weighted by molar-refractivity contribution is 7.81. The summed E-state index contributed by atoms with van der Waals surface area (Å²) in [5, 5.41) is 8.60. The molecule has 0 aliphatic rings. The molecule has 0 amide bonds. The van der Waals surface area contributed by atoms with E-state index in [1.165, 1.54) is 23.5 Å². The predicted octanol–water partition coefficient (Wildman–Crippen LogP) is 4.98. The second kappa shape index (κ2) is 6.75. The van der Waals surface area contributed by atoms with E-state index in [4.69, 9.17) is 0 Å². The van der Waals surface area contributed by atoms with Crippen LogP contribution in [0.4, 0.5) is 4.39 Å². The van der Waals surface area contributed by atoms with Crippen molar-refractivity contribution in [3.63, 3.8) is 0 Å². The maximum Gasteiger partial charge on any atom is 0.323 e. The smallest absolute Gasteiger partial charge is 0.323 e. The molecule has 0 spiro atoms. The number of carboxylic acid groups (broad SMARTS) is 1. The number of thiol groups is 1. The first kappa shape index (κ1) is 16.7. The van der Waals surface area contributed by atoms with Crippen LogP contribution >= 0.6 is 24.0 Å². The number of hydrogen-bond acceptors (Lipinski definition) is 4. The molecule has 0 aliphatic heterocycles. The van der Waals surface area contributed by atoms with E-state index in [9.17, 15) is 14.3 Å². The van der Waals surface area contributed by atoms with Crippen LogP contribution in [-0.4, -0.2) is 16.1 Å². The number of carbonyl (C=O) groups is 1. The van der Waals surface area contributed by atoms with Crippen molar-refractivity contribution in [2.24, 2.45) is 0 Å². The average Bonchev–Trinajstić information content (AvgIpc) is 3.00. The fourth-order valence-electron chi connectivity index (χ4n) is 2.26. The molecule has 1 atom stereocenters. The third-order valence-electron chi connectivity index (χ3n) is 3.54. The fourth-order valence-corrected chi connectivity index (χ4v) is 3.55. The molecule has 24 heavy (non-hydrogen) atoms. The Hall–Kier alpha value is -2.18. The van der Waals surface area contributed by atoms with Gasteiger partial charge in [0, 0.05) is 5.56 Å². The molecule has 0 bridgehead atoms. The van der Waals surface area contributed by atoms with E-state index >= 15 is 0 Å². The molecule has 3 rings (SSSR count). The summed E-state index contributed by atoms with van der Waals surface area (Å²) in [7, 11) is 0. The Morgan fingerprint density at radius 1 is 1.12 bits per heavy atom. The zero-order valence-electron chi connectivity index (χ0n) is 12.7. The van der Waals surface area contributed by atoms with Gasteiger partial charge >= 0.3 is 5.97 Å². The van der Waals surface area contributed by atoms with Gasteiger partial charge in [-0.25, -0.2) is 9.37 Å². The van der Waals surface area contributed by atoms with Crippen LogP contribution < -0.4 is 0 Å². The standard InChI is InChI=1S/C18H14FNO2S2/c1-10-2-4-12(5-3-10)16-14(11-6-8-13(19)9-7-11)20-17(24-16)15(23)18(21)22/h2-9,15,23H,1H3,(H,21,22). The Morgan fingerprint density at radius 2 is 1.71 bits per heavy atom. The minimum Gasteiger partial charge on any atom is -0.480 e. The van der Waals surface area contributed by atoms with E-state index in [1.807, 2.05) is 31.2 Å². The first-order valence-corrected chi connectivity index (χ1v) is 8.53. The van der Waals surface area contributed by atoms with Crippen molar-refractivity contribution in [1.82, 2.24) is 4.98 Å². The van der Waals surface area contributed by atoms with Gasteiger partial charge in [0.15, 0.2) is 5.25 Å². The van der Waals surface area contributed by atoms with Crippen LogP contribution in [0, 0.1) is 12.7 Å². The second-order valence-electron chi connectivity index (χ2n) is 5.34. The summed E-state index contributed by atoms with van der Waals surface area (Å²) in [6.45, 7) is 2.00. The lowest BCUT2D eigenvalue weighted by Crippen LogP contribution is -2.04. The van der Waals surface area contributed by atoms with Crippen molar-refractivity contribution in [3.8, 4) is 21.7 Å². The quantitative estimate of drug-likeness (QED) is 0.646. The number of aromatic nitrogens is 1. The van der Waals surface area contributed by atoms with Crippen molar-refractivity contribution < 1.29 is 14.3 Å². The minimum atomic E-state index is -1.05. The Bertz CT molecular complexity index is 810. The molecule has 2 aromatic carbocycles. The maximum atomic E-state index is 13.2. The first-order chi connectivity index (χ1) is 11.5. The number of aliphatic carboxylic acids is 1. The van der Waals surface area contributed by atoms with Gasteiger partial charge in [-0.15, -0.1) is 11.3 Å². The zero-order valence-corrected chi connectivity index (χ0v) is 14.4. The number of rotatable bonds is 4. The molecule has 0 fully saturated rings. The van der Waals surface area contributed by atoms with Crippen molar-refractivity contribution in [2.75, 3.05) is 0 Å². The zero-order chi connectivity index (χ0) is 17.3. The highest BCUT2D eigenvalue weighted by atomic mass is 32.1. The van der Waals surface area contributed by atoms with E-state index in [-0.39, 0.29) is 5.82 Å². The molecule has 0 saturated heterocycles. The lowest BCUT2D eigenvalue weighted by atomic mass is 10.1. The summed E-state index contributed by atoms with van der Waals surface area (Å²) in [5.41, 5.74) is 3.44. The number of thiazole rings is 1. The molecule has 6 heteroatoms. The summed E-state index contributed by atoms with van der Waals surface area (Å²) in [4.78, 5) is 16.5. The monoisotopic (exact) mass is 359 g/mol. The third-order valence-corrected chi connectivity index (χ3v) is 5.35. The van der Waals surface area contributed by atoms with Crippen molar-refractivity contribution in [2.45, 2.75) is 12.2 Å². The van der Waals surface area contributed by atoms with Crippen LogP contribution in [0.1, 0.15) is 15.8 Å². The third kappa shape index (κ3) is 3.34. The number of carboxylic acids is 1. The topological polar surface area (TPSA) is 50.2 Å². The molecule has 0 saturated carbocycles. The molecule has 0 aliphatic carbocycles. The normalized spacial score (nSPS) is 12.1. The fraction of sp³-hybridized carbons (Fsp3) is 0.111. The largest absolute Gasteiger partial charge is 0.480 e. The maximum absolute atomic E-state index is 13.2. The summed E-state index contributed by atoms with van der Waals surface area (Å²) in [6.07, 6.45) is 0. The molecule has 1 aromatic heterocycles. The van der Waals surface area contributed by atoms with Gasteiger partial charge in [-0.1, -0.05) is 29.8 Å². The number of aryl methyl sites for hydroxylation is 1. The predicted molar refractivity (Wildman–Crippen MR) is 97.0 cm³/mol. The second-order valence-corrected chi connectivity index (χ2v) is 6.89. The summed E-state index contributed by atoms with van der Waals surface area (Å²) < 4.78 is 13.2. The van der Waals surface area contributed by atoms with Crippen LogP contribution in [0.2, 0.25) is 0 Å². The molecule has 122 valence electrons. The van der Waals surface area contributed by atoms with E-state index in [0.29, 0.717) is 10.7 Å².